The number of anilines is 1. The molecule has 1 rings (SSSR count). The molecular weight excluding hydrogens is 240 g/mol. The number of hydrogen-bond acceptors (Lipinski definition) is 5. The van der Waals surface area contributed by atoms with Gasteiger partial charge < -0.3 is 10.6 Å². The fourth-order valence-electron chi connectivity index (χ4n) is 1.36. The van der Waals surface area contributed by atoms with Crippen molar-refractivity contribution in [3.8, 4) is 6.07 Å². The Morgan fingerprint density at radius 1 is 1.42 bits per heavy atom. The van der Waals surface area contributed by atoms with Gasteiger partial charge in [0.1, 0.15) is 6.07 Å². The summed E-state index contributed by atoms with van der Waals surface area (Å²) in [5.41, 5.74) is 9.75. The lowest BCUT2D eigenvalue weighted by Gasteiger charge is -2.09. The molecule has 0 unspecified atom stereocenters. The summed E-state index contributed by atoms with van der Waals surface area (Å²) in [4.78, 5) is 2.13. The quantitative estimate of drug-likeness (QED) is 0.403. The van der Waals surface area contributed by atoms with Crippen LogP contribution in [0.25, 0.3) is 0 Å². The van der Waals surface area contributed by atoms with Gasteiger partial charge in [-0.15, -0.1) is 0 Å². The molecule has 0 atom stereocenters. The third kappa shape index (κ3) is 5.19. The summed E-state index contributed by atoms with van der Waals surface area (Å²) in [7, 11) is 4.08. The van der Waals surface area contributed by atoms with Crippen LogP contribution in [0, 0.1) is 16.7 Å². The summed E-state index contributed by atoms with van der Waals surface area (Å²) in [6.45, 7) is 0.994. The van der Waals surface area contributed by atoms with Crippen LogP contribution in [0.3, 0.4) is 0 Å². The first-order chi connectivity index (χ1) is 9.02. The Balaban J connectivity index is 2.62. The van der Waals surface area contributed by atoms with E-state index in [0.717, 1.165) is 18.7 Å². The Morgan fingerprint density at radius 2 is 2.05 bits per heavy atom. The number of nitrogens with two attached hydrogens (primary N) is 1. The molecule has 0 aliphatic rings. The van der Waals surface area contributed by atoms with E-state index in [0.29, 0.717) is 0 Å². The van der Waals surface area contributed by atoms with Gasteiger partial charge in [-0.1, -0.05) is 12.1 Å². The summed E-state index contributed by atoms with van der Waals surface area (Å²) >= 11 is 0. The van der Waals surface area contributed by atoms with Crippen LogP contribution in [0.2, 0.25) is 0 Å². The average Bonchev–Trinajstić information content (AvgIpc) is 2.38. The highest BCUT2D eigenvalue weighted by Gasteiger charge is 2.01. The highest BCUT2D eigenvalue weighted by Crippen LogP contribution is 2.10. The number of rotatable bonds is 6. The van der Waals surface area contributed by atoms with Gasteiger partial charge in [-0.2, -0.15) is 10.4 Å². The van der Waals surface area contributed by atoms with Crippen molar-refractivity contribution in [2.75, 3.05) is 26.1 Å². The lowest BCUT2D eigenvalue weighted by molar-refractivity contribution is 0.413. The van der Waals surface area contributed by atoms with Crippen molar-refractivity contribution in [3.05, 3.63) is 29.8 Å². The lowest BCUT2D eigenvalue weighted by atomic mass is 10.1. The molecule has 100 valence electrons. The van der Waals surface area contributed by atoms with Crippen LogP contribution in [0.15, 0.2) is 29.4 Å². The Kier molecular flexibility index (Phi) is 5.51. The number of likely N-dealkylation sites (N-methyl/N-ethyl adjacent to an activating group) is 1. The Bertz CT molecular complexity index is 495. The van der Waals surface area contributed by atoms with E-state index in [-0.39, 0.29) is 11.5 Å². The first kappa shape index (κ1) is 14.7. The molecule has 6 heteroatoms. The van der Waals surface area contributed by atoms with Crippen LogP contribution in [-0.2, 0) is 6.42 Å². The molecule has 0 radical (unpaired) electrons. The molecule has 0 amide bonds. The number of benzene rings is 1. The summed E-state index contributed by atoms with van der Waals surface area (Å²) in [5, 5.41) is 19.6. The SMILES string of the molecule is CN(C)CCc1ccc(N/N=C(\C#N)C(=N)N)cc1. The van der Waals surface area contributed by atoms with Crippen molar-refractivity contribution in [1.82, 2.24) is 4.90 Å². The van der Waals surface area contributed by atoms with Crippen molar-refractivity contribution in [2.24, 2.45) is 10.8 Å². The number of hydrogen-bond donors (Lipinski definition) is 3. The molecular formula is C13H18N6. The number of amidine groups is 1. The fourth-order valence-corrected chi connectivity index (χ4v) is 1.36. The van der Waals surface area contributed by atoms with E-state index >= 15 is 0 Å². The molecule has 0 heterocycles. The standard InChI is InChI=1S/C13H18N6/c1-19(2)8-7-10-3-5-11(6-4-10)17-18-12(9-14)13(15)16/h3-6,17H,7-8H2,1-2H3,(H3,15,16)/b18-12+. The molecule has 0 saturated heterocycles. The second-order valence-corrected chi connectivity index (χ2v) is 4.35. The van der Waals surface area contributed by atoms with Crippen molar-refractivity contribution in [3.63, 3.8) is 0 Å². The maximum Gasteiger partial charge on any atom is 0.201 e. The number of nitriles is 1. The summed E-state index contributed by atoms with van der Waals surface area (Å²) in [5.74, 6) is -0.349. The molecule has 1 aromatic rings. The molecule has 4 N–H and O–H groups in total. The Labute approximate surface area is 113 Å². The highest BCUT2D eigenvalue weighted by atomic mass is 15.3. The van der Waals surface area contributed by atoms with Crippen molar-refractivity contribution >= 4 is 17.2 Å². The minimum atomic E-state index is -0.349. The van der Waals surface area contributed by atoms with E-state index in [1.807, 2.05) is 38.4 Å². The molecule has 0 aromatic heterocycles. The number of nitrogens with zero attached hydrogens (tertiary/aromatic N) is 3. The average molecular weight is 258 g/mol. The Morgan fingerprint density at radius 3 is 2.53 bits per heavy atom. The normalized spacial score (nSPS) is 11.2. The van der Waals surface area contributed by atoms with E-state index in [4.69, 9.17) is 16.4 Å². The van der Waals surface area contributed by atoms with Gasteiger partial charge in [0.15, 0.2) is 5.84 Å². The van der Waals surface area contributed by atoms with Crippen molar-refractivity contribution in [2.45, 2.75) is 6.42 Å². The van der Waals surface area contributed by atoms with Gasteiger partial charge in [0.2, 0.25) is 5.71 Å². The van der Waals surface area contributed by atoms with E-state index < -0.39 is 0 Å². The van der Waals surface area contributed by atoms with E-state index in [1.54, 1.807) is 6.07 Å². The van der Waals surface area contributed by atoms with Gasteiger partial charge in [0.25, 0.3) is 0 Å². The fraction of sp³-hybridized carbons (Fsp3) is 0.308. The highest BCUT2D eigenvalue weighted by molar-refractivity contribution is 6.45. The van der Waals surface area contributed by atoms with Gasteiger partial charge >= 0.3 is 0 Å². The van der Waals surface area contributed by atoms with Gasteiger partial charge in [-0.25, -0.2) is 0 Å². The predicted molar refractivity (Wildman–Crippen MR) is 77.3 cm³/mol. The third-order valence-electron chi connectivity index (χ3n) is 2.46. The van der Waals surface area contributed by atoms with Crippen LogP contribution in [0.1, 0.15) is 5.56 Å². The molecule has 0 spiro atoms. The molecule has 0 bridgehead atoms. The predicted octanol–water partition coefficient (Wildman–Crippen LogP) is 1.02. The minimum absolute atomic E-state index is 0.128. The van der Waals surface area contributed by atoms with E-state index in [2.05, 4.69) is 15.4 Å². The zero-order valence-corrected chi connectivity index (χ0v) is 11.1. The second kappa shape index (κ2) is 7.13. The van der Waals surface area contributed by atoms with Crippen LogP contribution in [0.4, 0.5) is 5.69 Å². The number of hydrazone groups is 1. The summed E-state index contributed by atoms with van der Waals surface area (Å²) < 4.78 is 0. The largest absolute Gasteiger partial charge is 0.382 e. The molecule has 0 aliphatic carbocycles. The second-order valence-electron chi connectivity index (χ2n) is 4.35. The van der Waals surface area contributed by atoms with Gasteiger partial charge in [-0.05, 0) is 38.2 Å². The zero-order chi connectivity index (χ0) is 14.3. The topological polar surface area (TPSA) is 101 Å². The van der Waals surface area contributed by atoms with Gasteiger partial charge in [-0.3, -0.25) is 10.8 Å². The lowest BCUT2D eigenvalue weighted by Crippen LogP contribution is -2.21. The molecule has 6 nitrogen and oxygen atoms in total. The smallest absolute Gasteiger partial charge is 0.201 e. The minimum Gasteiger partial charge on any atom is -0.382 e. The summed E-state index contributed by atoms with van der Waals surface area (Å²) in [6.07, 6.45) is 0.980. The molecule has 1 aromatic carbocycles. The molecule has 0 saturated carbocycles. The third-order valence-corrected chi connectivity index (χ3v) is 2.46. The molecule has 0 aliphatic heterocycles. The van der Waals surface area contributed by atoms with Gasteiger partial charge in [0, 0.05) is 6.54 Å². The van der Waals surface area contributed by atoms with Gasteiger partial charge in [0.05, 0.1) is 5.69 Å². The maximum atomic E-state index is 8.69. The van der Waals surface area contributed by atoms with Crippen LogP contribution in [0.5, 0.6) is 0 Å². The van der Waals surface area contributed by atoms with E-state index in [1.165, 1.54) is 5.56 Å². The monoisotopic (exact) mass is 258 g/mol. The molecule has 19 heavy (non-hydrogen) atoms. The Hall–Kier alpha value is -2.39. The van der Waals surface area contributed by atoms with Crippen molar-refractivity contribution in [1.29, 1.82) is 10.7 Å². The van der Waals surface area contributed by atoms with Crippen LogP contribution < -0.4 is 11.2 Å². The first-order valence-corrected chi connectivity index (χ1v) is 5.85. The zero-order valence-electron chi connectivity index (χ0n) is 11.1. The van der Waals surface area contributed by atoms with Crippen LogP contribution >= 0.6 is 0 Å². The van der Waals surface area contributed by atoms with E-state index in [9.17, 15) is 0 Å². The maximum absolute atomic E-state index is 8.69. The van der Waals surface area contributed by atoms with Crippen LogP contribution in [-0.4, -0.2) is 37.1 Å². The molecule has 0 fully saturated rings. The number of nitrogens with one attached hydrogen (secondary N) is 2. The summed E-state index contributed by atoms with van der Waals surface area (Å²) in [6, 6.07) is 9.51. The first-order valence-electron chi connectivity index (χ1n) is 5.85. The van der Waals surface area contributed by atoms with Crippen molar-refractivity contribution < 1.29 is 0 Å².